The van der Waals surface area contributed by atoms with Gasteiger partial charge in [-0.2, -0.15) is 0 Å². The summed E-state index contributed by atoms with van der Waals surface area (Å²) in [6.45, 7) is 0. The molecule has 0 saturated heterocycles. The van der Waals surface area contributed by atoms with E-state index in [2.05, 4.69) is 49.9 Å². The third-order valence-electron chi connectivity index (χ3n) is 3.79. The van der Waals surface area contributed by atoms with E-state index in [1.54, 1.807) is 0 Å². The quantitative estimate of drug-likeness (QED) is 0.0543. The molecule has 3 aromatic heterocycles. The van der Waals surface area contributed by atoms with Crippen LogP contribution in [-0.2, 0) is 0 Å². The van der Waals surface area contributed by atoms with Crippen LogP contribution in [0.15, 0.2) is 24.1 Å². The van der Waals surface area contributed by atoms with Crippen molar-refractivity contribution in [1.29, 1.82) is 0 Å². The Morgan fingerprint density at radius 1 is 0.658 bits per heavy atom. The molecule has 0 amide bonds. The zero-order valence-corrected chi connectivity index (χ0v) is 16.7. The molecular weight excluding hydrogens is 554 g/mol. The first-order valence-electron chi connectivity index (χ1n) is 8.26. The van der Waals surface area contributed by atoms with Gasteiger partial charge in [-0.15, -0.1) is 0 Å². The monoisotopic (exact) mass is 554 g/mol. The second kappa shape index (κ2) is 8.92. The summed E-state index contributed by atoms with van der Waals surface area (Å²) in [5.74, 6) is -2.70. The van der Waals surface area contributed by atoms with Crippen LogP contribution in [0.2, 0.25) is 0 Å². The van der Waals surface area contributed by atoms with Gasteiger partial charge in [0.05, 0.1) is 9.72 Å². The average Bonchev–Trinajstić information content (AvgIpc) is 3.56. The van der Waals surface area contributed by atoms with E-state index in [1.165, 1.54) is 0 Å². The van der Waals surface area contributed by atoms with Gasteiger partial charge in [-0.05, 0) is 34.3 Å². The molecular formula is C8F2N14O14. The minimum absolute atomic E-state index is 0.631. The Morgan fingerprint density at radius 2 is 1.05 bits per heavy atom. The maximum atomic E-state index is 14.0. The number of rotatable bonds is 10. The van der Waals surface area contributed by atoms with Crippen molar-refractivity contribution in [2.45, 2.75) is 12.1 Å². The Hall–Kier alpha value is -6.52. The van der Waals surface area contributed by atoms with Crippen LogP contribution in [-0.4, -0.2) is 67.3 Å². The molecule has 0 spiro atoms. The van der Waals surface area contributed by atoms with Crippen LogP contribution in [0.4, 0.5) is 20.4 Å². The van der Waals surface area contributed by atoms with Crippen LogP contribution in [0.5, 0.6) is 0 Å². The molecule has 0 bridgehead atoms. The second-order valence-corrected chi connectivity index (χ2v) is 5.88. The lowest BCUT2D eigenvalue weighted by Gasteiger charge is -2.03. The van der Waals surface area contributed by atoms with Crippen molar-refractivity contribution in [2.24, 2.45) is 10.2 Å². The van der Waals surface area contributed by atoms with Gasteiger partial charge in [0, 0.05) is 15.4 Å². The molecule has 0 N–H and O–H groups in total. The summed E-state index contributed by atoms with van der Waals surface area (Å²) in [5, 5.41) is 98.4. The molecule has 3 aromatic rings. The van der Waals surface area contributed by atoms with E-state index in [4.69, 9.17) is 0 Å². The van der Waals surface area contributed by atoms with E-state index in [1.807, 2.05) is 0 Å². The van der Waals surface area contributed by atoms with Crippen LogP contribution in [0.3, 0.4) is 0 Å². The van der Waals surface area contributed by atoms with Gasteiger partial charge in [-0.25, -0.2) is 49.7 Å². The lowest BCUT2D eigenvalue weighted by Crippen LogP contribution is -2.49. The molecule has 28 nitrogen and oxygen atoms in total. The molecule has 0 aromatic carbocycles. The number of azo groups is 2. The molecule has 0 aliphatic rings. The van der Waals surface area contributed by atoms with Gasteiger partial charge < -0.3 is 15.6 Å². The molecule has 30 heteroatoms. The molecule has 0 aliphatic carbocycles. The van der Waals surface area contributed by atoms with Crippen LogP contribution < -0.4 is 4.90 Å². The highest BCUT2D eigenvalue weighted by atomic mass is 19.2. The van der Waals surface area contributed by atoms with Crippen molar-refractivity contribution >= 4 is 11.6 Å². The van der Waals surface area contributed by atoms with Gasteiger partial charge in [0.15, 0.2) is 0 Å². The Kier molecular flexibility index (Phi) is 6.13. The number of hydroxylamine groups is 2. The first kappa shape index (κ1) is 26.1. The summed E-state index contributed by atoms with van der Waals surface area (Å²) in [4.78, 5) is 29.5. The van der Waals surface area contributed by atoms with Crippen molar-refractivity contribution in [3.8, 4) is 22.8 Å². The highest BCUT2D eigenvalue weighted by Gasteiger charge is 2.73. The van der Waals surface area contributed by atoms with E-state index >= 15 is 0 Å². The molecule has 0 aliphatic heterocycles. The third-order valence-corrected chi connectivity index (χ3v) is 3.79. The second-order valence-electron chi connectivity index (χ2n) is 5.88. The Labute approximate surface area is 196 Å². The topological polar surface area (TPSA) is 380 Å². The van der Waals surface area contributed by atoms with E-state index in [-0.39, 0.29) is 0 Å². The van der Waals surface area contributed by atoms with Crippen molar-refractivity contribution in [2.75, 3.05) is 0 Å². The minimum Gasteiger partial charge on any atom is -0.586 e. The van der Waals surface area contributed by atoms with Crippen molar-refractivity contribution < 1.29 is 57.0 Å². The number of hydrogen-bond donors (Lipinski definition) is 0. The summed E-state index contributed by atoms with van der Waals surface area (Å²) in [5.41, 5.74) is -4.42. The number of nitro groups is 4. The summed E-state index contributed by atoms with van der Waals surface area (Å²) >= 11 is 0. The Balaban J connectivity index is 2.16. The molecule has 0 saturated carbocycles. The fraction of sp³-hybridized carbons (Fsp3) is 0.250. The van der Waals surface area contributed by atoms with Gasteiger partial charge in [0.1, 0.15) is 0 Å². The van der Waals surface area contributed by atoms with E-state index in [9.17, 15) is 64.9 Å². The first-order valence-corrected chi connectivity index (χ1v) is 8.26. The van der Waals surface area contributed by atoms with Gasteiger partial charge in [-0.3, -0.25) is 4.63 Å². The molecule has 38 heavy (non-hydrogen) atoms. The lowest BCUT2D eigenvalue weighted by molar-refractivity contribution is -1.01. The zero-order valence-electron chi connectivity index (χ0n) is 16.7. The van der Waals surface area contributed by atoms with Crippen LogP contribution in [0.25, 0.3) is 22.8 Å². The van der Waals surface area contributed by atoms with Crippen LogP contribution in [0, 0.1) is 56.1 Å². The maximum Gasteiger partial charge on any atom is 0.866 e. The highest BCUT2D eigenvalue weighted by molar-refractivity contribution is 5.79. The Morgan fingerprint density at radius 3 is 1.47 bits per heavy atom. The normalized spacial score (nSPS) is 12.9. The van der Waals surface area contributed by atoms with Crippen molar-refractivity contribution in [1.82, 2.24) is 25.8 Å². The summed E-state index contributed by atoms with van der Waals surface area (Å²) in [7, 11) is 0. The predicted molar refractivity (Wildman–Crippen MR) is 89.1 cm³/mol. The van der Waals surface area contributed by atoms with Gasteiger partial charge in [0.25, 0.3) is 23.0 Å². The lowest BCUT2D eigenvalue weighted by atomic mass is 10.2. The SMILES string of the molecule is O=[N+]([O-])C(F)([N+](=O)[O-])[N+]([O-])=Nc1nonc1-c1no[n+]([O-])c1-c1nonc1N=[N+]([O-])C(F)([N+](=O)[O-])[N+](=O)[O-]. The molecule has 0 unspecified atom stereocenters. The largest absolute Gasteiger partial charge is 0.866 e. The van der Waals surface area contributed by atoms with E-state index in [0.29, 0.717) is 0 Å². The first-order chi connectivity index (χ1) is 17.7. The predicted octanol–water partition coefficient (Wildman–Crippen LogP) is -1.14. The molecule has 3 heterocycles. The summed E-state index contributed by atoms with van der Waals surface area (Å²) in [6, 6.07) is -10.2. The number of hydrogen-bond acceptors (Lipinski definition) is 21. The fourth-order valence-electron chi connectivity index (χ4n) is 2.11. The summed E-state index contributed by atoms with van der Waals surface area (Å²) in [6.07, 6.45) is 0. The third kappa shape index (κ3) is 3.88. The van der Waals surface area contributed by atoms with Gasteiger partial charge >= 0.3 is 12.1 Å². The highest BCUT2D eigenvalue weighted by Crippen LogP contribution is 2.35. The number of alkyl halides is 2. The Bertz CT molecular complexity index is 1490. The van der Waals surface area contributed by atoms with E-state index in [0.717, 1.165) is 0 Å². The molecule has 0 radical (unpaired) electrons. The standard InChI is InChI=1S/C8F2N14O14/c9-7(21(28)29,22(30)31)19(26)11-5-2(13-36-16-5)1-4(18(25)38-15-1)3-6(17-37-14-3)12-20(27)8(10,23(32)33)24(34)35. The molecule has 0 fully saturated rings. The van der Waals surface area contributed by atoms with Crippen LogP contribution >= 0.6 is 0 Å². The average molecular weight is 554 g/mol. The molecule has 200 valence electrons. The number of nitrogens with zero attached hydrogens (tertiary/aromatic N) is 14. The van der Waals surface area contributed by atoms with Gasteiger partial charge in [-0.1, -0.05) is 0 Å². The smallest absolute Gasteiger partial charge is 0.586 e. The zero-order chi connectivity index (χ0) is 28.6. The maximum absolute atomic E-state index is 14.0. The minimum atomic E-state index is -5.10. The number of aromatic nitrogens is 6. The summed E-state index contributed by atoms with van der Waals surface area (Å²) < 4.78 is 40.5. The van der Waals surface area contributed by atoms with E-state index < -0.39 is 80.8 Å². The van der Waals surface area contributed by atoms with Crippen molar-refractivity contribution in [3.63, 3.8) is 0 Å². The molecule has 0 atom stereocenters. The van der Waals surface area contributed by atoms with Crippen molar-refractivity contribution in [3.05, 3.63) is 56.1 Å². The number of halogens is 2. The fourth-order valence-corrected chi connectivity index (χ4v) is 2.11. The molecule has 3 rings (SSSR count). The van der Waals surface area contributed by atoms with Crippen LogP contribution in [0.1, 0.15) is 0 Å². The van der Waals surface area contributed by atoms with Gasteiger partial charge in [0.2, 0.25) is 31.1 Å².